The van der Waals surface area contributed by atoms with E-state index in [4.69, 9.17) is 14.7 Å². The van der Waals surface area contributed by atoms with Crippen LogP contribution in [0.5, 0.6) is 0 Å². The molecule has 0 aromatic rings. The van der Waals surface area contributed by atoms with Gasteiger partial charge in [0.05, 0.1) is 25.3 Å². The first-order valence-corrected chi connectivity index (χ1v) is 6.18. The first-order chi connectivity index (χ1) is 7.86. The van der Waals surface area contributed by atoms with Crippen molar-refractivity contribution in [3.63, 3.8) is 0 Å². The number of hydrogen-bond donors (Lipinski definition) is 1. The van der Waals surface area contributed by atoms with Gasteiger partial charge in [0.1, 0.15) is 0 Å². The van der Waals surface area contributed by atoms with Gasteiger partial charge in [-0.2, -0.15) is 5.26 Å². The highest BCUT2D eigenvalue weighted by Gasteiger charge is 2.24. The molecule has 0 spiro atoms. The molecule has 1 rings (SSSR count). The van der Waals surface area contributed by atoms with Crippen LogP contribution in [0.2, 0.25) is 0 Å². The maximum Gasteiger partial charge on any atom is 0.0977 e. The van der Waals surface area contributed by atoms with Crippen LogP contribution in [-0.2, 0) is 9.47 Å². The Morgan fingerprint density at radius 1 is 1.25 bits per heavy atom. The molecule has 0 amide bonds. The molecule has 1 aliphatic rings. The maximum absolute atomic E-state index is 8.88. The van der Waals surface area contributed by atoms with Crippen molar-refractivity contribution in [2.75, 3.05) is 26.4 Å². The van der Waals surface area contributed by atoms with Crippen LogP contribution >= 0.6 is 0 Å². The average Bonchev–Trinajstić information content (AvgIpc) is 3.10. The third-order valence-corrected chi connectivity index (χ3v) is 2.44. The van der Waals surface area contributed by atoms with Crippen LogP contribution < -0.4 is 5.32 Å². The minimum Gasteiger partial charge on any atom is -0.379 e. The molecule has 0 saturated heterocycles. The summed E-state index contributed by atoms with van der Waals surface area (Å²) in [5.41, 5.74) is 0. The summed E-state index contributed by atoms with van der Waals surface area (Å²) in [6.07, 6.45) is 4.23. The number of nitrogens with one attached hydrogen (secondary N) is 1. The van der Waals surface area contributed by atoms with Crippen molar-refractivity contribution in [1.29, 1.82) is 5.26 Å². The molecule has 0 aromatic heterocycles. The molecule has 0 radical (unpaired) electrons. The van der Waals surface area contributed by atoms with Gasteiger partial charge in [0.2, 0.25) is 0 Å². The standard InChI is InChI=1S/C12H22N2O2/c1-2-6-15-8-9-16-7-5-12(10-13)14-11-3-4-11/h11-12,14H,2-9H2,1H3. The van der Waals surface area contributed by atoms with Crippen molar-refractivity contribution >= 4 is 0 Å². The Bertz CT molecular complexity index is 212. The Morgan fingerprint density at radius 3 is 2.50 bits per heavy atom. The van der Waals surface area contributed by atoms with E-state index < -0.39 is 0 Å². The molecule has 1 unspecified atom stereocenters. The molecular formula is C12H22N2O2. The van der Waals surface area contributed by atoms with Gasteiger partial charge in [-0.3, -0.25) is 5.32 Å². The second-order valence-electron chi connectivity index (χ2n) is 4.14. The first-order valence-electron chi connectivity index (χ1n) is 6.18. The Labute approximate surface area is 97.9 Å². The summed E-state index contributed by atoms with van der Waals surface area (Å²) in [7, 11) is 0. The monoisotopic (exact) mass is 226 g/mol. The molecule has 1 aliphatic carbocycles. The van der Waals surface area contributed by atoms with Crippen LogP contribution in [0.3, 0.4) is 0 Å². The zero-order valence-corrected chi connectivity index (χ0v) is 10.1. The Kier molecular flexibility index (Phi) is 7.15. The van der Waals surface area contributed by atoms with Crippen LogP contribution in [0.4, 0.5) is 0 Å². The number of nitriles is 1. The minimum atomic E-state index is -0.0518. The highest BCUT2D eigenvalue weighted by atomic mass is 16.5. The normalized spacial score (nSPS) is 17.0. The van der Waals surface area contributed by atoms with Crippen LogP contribution in [-0.4, -0.2) is 38.5 Å². The van der Waals surface area contributed by atoms with E-state index in [9.17, 15) is 0 Å². The molecule has 1 N–H and O–H groups in total. The molecular weight excluding hydrogens is 204 g/mol. The van der Waals surface area contributed by atoms with Crippen molar-refractivity contribution in [3.05, 3.63) is 0 Å². The summed E-state index contributed by atoms with van der Waals surface area (Å²) < 4.78 is 10.7. The van der Waals surface area contributed by atoms with Gasteiger partial charge in [-0.15, -0.1) is 0 Å². The van der Waals surface area contributed by atoms with Gasteiger partial charge in [-0.25, -0.2) is 0 Å². The lowest BCUT2D eigenvalue weighted by molar-refractivity contribution is 0.0458. The molecule has 0 bridgehead atoms. The van der Waals surface area contributed by atoms with Crippen molar-refractivity contribution in [1.82, 2.24) is 5.32 Å². The molecule has 0 aliphatic heterocycles. The fourth-order valence-corrected chi connectivity index (χ4v) is 1.39. The lowest BCUT2D eigenvalue weighted by atomic mass is 10.2. The second-order valence-corrected chi connectivity index (χ2v) is 4.14. The Morgan fingerprint density at radius 2 is 1.94 bits per heavy atom. The van der Waals surface area contributed by atoms with Crippen molar-refractivity contribution < 1.29 is 9.47 Å². The molecule has 1 fully saturated rings. The van der Waals surface area contributed by atoms with Gasteiger partial charge in [-0.1, -0.05) is 6.92 Å². The SMILES string of the molecule is CCCOCCOCCC(C#N)NC1CC1. The lowest BCUT2D eigenvalue weighted by Crippen LogP contribution is -2.30. The summed E-state index contributed by atoms with van der Waals surface area (Å²) >= 11 is 0. The van der Waals surface area contributed by atoms with E-state index in [0.717, 1.165) is 19.4 Å². The largest absolute Gasteiger partial charge is 0.379 e. The van der Waals surface area contributed by atoms with E-state index in [2.05, 4.69) is 18.3 Å². The fraction of sp³-hybridized carbons (Fsp3) is 0.917. The lowest BCUT2D eigenvalue weighted by Gasteiger charge is -2.10. The van der Waals surface area contributed by atoms with Crippen LogP contribution in [0.15, 0.2) is 0 Å². The number of ether oxygens (including phenoxy) is 2. The summed E-state index contributed by atoms with van der Waals surface area (Å²) in [4.78, 5) is 0. The van der Waals surface area contributed by atoms with Crippen LogP contribution in [0, 0.1) is 11.3 Å². The van der Waals surface area contributed by atoms with E-state index in [1.54, 1.807) is 0 Å². The fourth-order valence-electron chi connectivity index (χ4n) is 1.39. The molecule has 16 heavy (non-hydrogen) atoms. The molecule has 0 heterocycles. The number of hydrogen-bond acceptors (Lipinski definition) is 4. The predicted octanol–water partition coefficient (Wildman–Crippen LogP) is 1.46. The molecule has 4 nitrogen and oxygen atoms in total. The Hall–Kier alpha value is -0.630. The minimum absolute atomic E-state index is 0.0518. The highest BCUT2D eigenvalue weighted by Crippen LogP contribution is 2.19. The molecule has 1 atom stereocenters. The average molecular weight is 226 g/mol. The third-order valence-electron chi connectivity index (χ3n) is 2.44. The zero-order valence-electron chi connectivity index (χ0n) is 10.1. The van der Waals surface area contributed by atoms with Gasteiger partial charge < -0.3 is 9.47 Å². The van der Waals surface area contributed by atoms with Gasteiger partial charge in [-0.05, 0) is 25.7 Å². The summed E-state index contributed by atoms with van der Waals surface area (Å²) in [6.45, 7) is 4.80. The van der Waals surface area contributed by atoms with Crippen LogP contribution in [0.25, 0.3) is 0 Å². The number of rotatable bonds is 10. The van der Waals surface area contributed by atoms with E-state index in [1.165, 1.54) is 12.8 Å². The van der Waals surface area contributed by atoms with Gasteiger partial charge >= 0.3 is 0 Å². The third kappa shape index (κ3) is 6.78. The van der Waals surface area contributed by atoms with Crippen molar-refractivity contribution in [2.45, 2.75) is 44.7 Å². The summed E-state index contributed by atoms with van der Waals surface area (Å²) in [5.74, 6) is 0. The van der Waals surface area contributed by atoms with Gasteiger partial charge in [0.25, 0.3) is 0 Å². The molecule has 0 aromatic carbocycles. The Balaban J connectivity index is 1.86. The molecule has 1 saturated carbocycles. The van der Waals surface area contributed by atoms with E-state index in [-0.39, 0.29) is 6.04 Å². The quantitative estimate of drug-likeness (QED) is 0.573. The first kappa shape index (κ1) is 13.4. The second kappa shape index (κ2) is 8.51. The van der Waals surface area contributed by atoms with Crippen molar-refractivity contribution in [2.24, 2.45) is 0 Å². The van der Waals surface area contributed by atoms with Crippen molar-refractivity contribution in [3.8, 4) is 6.07 Å². The van der Waals surface area contributed by atoms with Gasteiger partial charge in [0, 0.05) is 19.3 Å². The smallest absolute Gasteiger partial charge is 0.0977 e. The molecule has 4 heteroatoms. The maximum atomic E-state index is 8.88. The zero-order chi connectivity index (χ0) is 11.6. The number of nitrogens with zero attached hydrogens (tertiary/aromatic N) is 1. The molecule has 92 valence electrons. The predicted molar refractivity (Wildman–Crippen MR) is 62.1 cm³/mol. The van der Waals surface area contributed by atoms with Crippen LogP contribution in [0.1, 0.15) is 32.6 Å². The summed E-state index contributed by atoms with van der Waals surface area (Å²) in [6, 6.07) is 2.79. The highest BCUT2D eigenvalue weighted by molar-refractivity contribution is 4.95. The summed E-state index contributed by atoms with van der Waals surface area (Å²) in [5, 5.41) is 12.2. The van der Waals surface area contributed by atoms with E-state index in [0.29, 0.717) is 25.9 Å². The van der Waals surface area contributed by atoms with E-state index in [1.807, 2.05) is 0 Å². The van der Waals surface area contributed by atoms with E-state index >= 15 is 0 Å². The topological polar surface area (TPSA) is 54.3 Å². The van der Waals surface area contributed by atoms with Gasteiger partial charge in [0.15, 0.2) is 0 Å².